The Hall–Kier alpha value is -1.59. The average molecular weight is 420 g/mol. The highest BCUT2D eigenvalue weighted by molar-refractivity contribution is 5.59. The molecular weight excluding hydrogens is 376 g/mol. The van der Waals surface area contributed by atoms with Crippen molar-refractivity contribution < 1.29 is 19.6 Å². The normalized spacial score (nSPS) is 15.7. The van der Waals surface area contributed by atoms with Crippen molar-refractivity contribution in [1.29, 1.82) is 0 Å². The van der Waals surface area contributed by atoms with Crippen molar-refractivity contribution in [2.45, 2.75) is 90.6 Å². The molecule has 1 aromatic carbocycles. The van der Waals surface area contributed by atoms with Gasteiger partial charge in [0.05, 0.1) is 6.61 Å². The average Bonchev–Trinajstić information content (AvgIpc) is 2.74. The number of rotatable bonds is 14. The molecule has 1 saturated heterocycles. The van der Waals surface area contributed by atoms with E-state index in [0.717, 1.165) is 44.1 Å². The summed E-state index contributed by atoms with van der Waals surface area (Å²) in [5, 5.41) is 1.56. The number of ether oxygens (including phenoxy) is 2. The van der Waals surface area contributed by atoms with Crippen LogP contribution in [-0.2, 0) is 4.74 Å². The van der Waals surface area contributed by atoms with Crippen molar-refractivity contribution in [3.05, 3.63) is 24.3 Å². The van der Waals surface area contributed by atoms with Gasteiger partial charge in [-0.25, -0.2) is 5.32 Å². The molecule has 5 nitrogen and oxygen atoms in total. The fraction of sp³-hybridized carbons (Fsp3) is 0.720. The molecule has 0 aliphatic carbocycles. The second kappa shape index (κ2) is 15.2. The maximum Gasteiger partial charge on any atom is 0.518 e. The number of hydrogen-bond acceptors (Lipinski definition) is 4. The van der Waals surface area contributed by atoms with Crippen molar-refractivity contribution in [2.24, 2.45) is 0 Å². The fourth-order valence-corrected chi connectivity index (χ4v) is 4.00. The summed E-state index contributed by atoms with van der Waals surface area (Å²) in [6.07, 6.45) is 13.9. The Labute approximate surface area is 183 Å². The van der Waals surface area contributed by atoms with Crippen LogP contribution in [0.1, 0.15) is 84.5 Å². The first-order chi connectivity index (χ1) is 14.7. The van der Waals surface area contributed by atoms with E-state index in [1.54, 1.807) is 5.32 Å². The number of amides is 1. The van der Waals surface area contributed by atoms with Crippen LogP contribution < -0.4 is 10.1 Å². The van der Waals surface area contributed by atoms with Gasteiger partial charge in [0.2, 0.25) is 0 Å². The molecule has 0 aromatic heterocycles. The van der Waals surface area contributed by atoms with Crippen LogP contribution in [0.2, 0.25) is 0 Å². The molecule has 1 heterocycles. The number of nitrogens with two attached hydrogens (primary N) is 1. The number of hydrogen-bond donors (Lipinski definition) is 1. The van der Waals surface area contributed by atoms with E-state index in [-0.39, 0.29) is 12.2 Å². The number of likely N-dealkylation sites (tertiary alicyclic amines) is 1. The van der Waals surface area contributed by atoms with Crippen LogP contribution in [-0.4, -0.2) is 43.3 Å². The molecule has 2 N–H and O–H groups in total. The summed E-state index contributed by atoms with van der Waals surface area (Å²) in [5.74, 6) is 0.863. The summed E-state index contributed by atoms with van der Waals surface area (Å²) < 4.78 is 11.4. The summed E-state index contributed by atoms with van der Waals surface area (Å²) in [6, 6.07) is 7.70. The SMILES string of the molecule is CCCCCCCCCCOc1ccc([NH2+]C(=O)O[C@@H](C)CN2CCCCC2)cc1. The van der Waals surface area contributed by atoms with E-state index >= 15 is 0 Å². The van der Waals surface area contributed by atoms with E-state index < -0.39 is 0 Å². The van der Waals surface area contributed by atoms with Gasteiger partial charge in [0.15, 0.2) is 0 Å². The molecule has 5 heteroatoms. The number of benzene rings is 1. The highest BCUT2D eigenvalue weighted by Crippen LogP contribution is 2.14. The first kappa shape index (κ1) is 24.7. The molecule has 0 bridgehead atoms. The van der Waals surface area contributed by atoms with E-state index in [9.17, 15) is 4.79 Å². The molecule has 0 radical (unpaired) electrons. The lowest BCUT2D eigenvalue weighted by atomic mass is 10.1. The standard InChI is InChI=1S/C25H42N2O3/c1-3-4-5-6-7-8-9-13-20-29-24-16-14-23(15-17-24)26-25(28)30-22(2)21-27-18-11-10-12-19-27/h14-17,22H,3-13,18-21H2,1-2H3,(H,26,28)/p+1/t22-/m0/s1. The molecule has 170 valence electrons. The summed E-state index contributed by atoms with van der Waals surface area (Å²) in [5.41, 5.74) is 0.851. The Morgan fingerprint density at radius 2 is 1.60 bits per heavy atom. The van der Waals surface area contributed by atoms with E-state index in [1.807, 2.05) is 31.2 Å². The quantitative estimate of drug-likeness (QED) is 0.323. The molecule has 1 aliphatic heterocycles. The Bertz CT molecular complexity index is 570. The lowest BCUT2D eigenvalue weighted by molar-refractivity contribution is -0.484. The van der Waals surface area contributed by atoms with E-state index in [1.165, 1.54) is 64.2 Å². The van der Waals surface area contributed by atoms with Gasteiger partial charge in [-0.1, -0.05) is 58.3 Å². The second-order valence-corrected chi connectivity index (χ2v) is 8.65. The predicted octanol–water partition coefficient (Wildman–Crippen LogP) is 5.41. The topological polar surface area (TPSA) is 55.4 Å². The minimum absolute atomic E-state index is 0.0823. The summed E-state index contributed by atoms with van der Waals surface area (Å²) in [7, 11) is 0. The zero-order valence-electron chi connectivity index (χ0n) is 19.2. The number of nitrogens with zero attached hydrogens (tertiary/aromatic N) is 1. The van der Waals surface area contributed by atoms with Gasteiger partial charge in [-0.3, -0.25) is 4.90 Å². The molecule has 1 fully saturated rings. The molecule has 2 rings (SSSR count). The van der Waals surface area contributed by atoms with Gasteiger partial charge in [0, 0.05) is 18.7 Å². The summed E-state index contributed by atoms with van der Waals surface area (Å²) >= 11 is 0. The van der Waals surface area contributed by atoms with Gasteiger partial charge in [-0.2, -0.15) is 4.79 Å². The van der Waals surface area contributed by atoms with Crippen molar-refractivity contribution in [3.8, 4) is 5.75 Å². The Morgan fingerprint density at radius 3 is 2.27 bits per heavy atom. The second-order valence-electron chi connectivity index (χ2n) is 8.65. The van der Waals surface area contributed by atoms with Gasteiger partial charge < -0.3 is 9.47 Å². The third kappa shape index (κ3) is 11.0. The molecular formula is C25H43N2O3+. The number of carbonyl (C=O) groups is 1. The Balaban J connectivity index is 1.55. The highest BCUT2D eigenvalue weighted by Gasteiger charge is 2.18. The van der Waals surface area contributed by atoms with Gasteiger partial charge in [-0.05, 0) is 51.4 Å². The van der Waals surface area contributed by atoms with Gasteiger partial charge >= 0.3 is 6.09 Å². The predicted molar refractivity (Wildman–Crippen MR) is 122 cm³/mol. The van der Waals surface area contributed by atoms with Crippen LogP contribution in [0.15, 0.2) is 24.3 Å². The molecule has 0 spiro atoms. The van der Waals surface area contributed by atoms with Crippen LogP contribution in [0.5, 0.6) is 5.75 Å². The molecule has 1 aliphatic rings. The molecule has 30 heavy (non-hydrogen) atoms. The van der Waals surface area contributed by atoms with Crippen molar-refractivity contribution in [2.75, 3.05) is 26.2 Å². The summed E-state index contributed by atoms with van der Waals surface area (Å²) in [6.45, 7) is 8.05. The first-order valence-corrected chi connectivity index (χ1v) is 12.2. The number of primary amides is 1. The monoisotopic (exact) mass is 419 g/mol. The molecule has 1 amide bonds. The Morgan fingerprint density at radius 1 is 0.967 bits per heavy atom. The van der Waals surface area contributed by atoms with Crippen LogP contribution in [0.4, 0.5) is 10.5 Å². The third-order valence-corrected chi connectivity index (χ3v) is 5.71. The minimum atomic E-state index is -0.271. The number of piperidine rings is 1. The zero-order chi connectivity index (χ0) is 21.4. The number of unbranched alkanes of at least 4 members (excludes halogenated alkanes) is 7. The number of quaternary nitrogens is 1. The van der Waals surface area contributed by atoms with E-state index in [4.69, 9.17) is 9.47 Å². The fourth-order valence-electron chi connectivity index (χ4n) is 4.00. The first-order valence-electron chi connectivity index (χ1n) is 12.2. The maximum atomic E-state index is 12.2. The van der Waals surface area contributed by atoms with Crippen LogP contribution in [0.3, 0.4) is 0 Å². The summed E-state index contributed by atoms with van der Waals surface area (Å²) in [4.78, 5) is 14.6. The molecule has 0 unspecified atom stereocenters. The van der Waals surface area contributed by atoms with Gasteiger partial charge in [-0.15, -0.1) is 0 Å². The van der Waals surface area contributed by atoms with Crippen LogP contribution >= 0.6 is 0 Å². The highest BCUT2D eigenvalue weighted by atomic mass is 16.6. The molecule has 1 atom stereocenters. The molecule has 1 aromatic rings. The van der Waals surface area contributed by atoms with Gasteiger partial charge in [0.25, 0.3) is 0 Å². The lowest BCUT2D eigenvalue weighted by Crippen LogP contribution is -2.82. The smallest absolute Gasteiger partial charge is 0.494 e. The maximum absolute atomic E-state index is 12.2. The van der Waals surface area contributed by atoms with E-state index in [0.29, 0.717) is 0 Å². The number of carbonyl (C=O) groups excluding carboxylic acids is 1. The minimum Gasteiger partial charge on any atom is -0.494 e. The van der Waals surface area contributed by atoms with Crippen LogP contribution in [0, 0.1) is 0 Å². The zero-order valence-corrected chi connectivity index (χ0v) is 19.2. The van der Waals surface area contributed by atoms with E-state index in [2.05, 4.69) is 11.8 Å². The lowest BCUT2D eigenvalue weighted by Gasteiger charge is -2.28. The Kier molecular flexibility index (Phi) is 12.5. The largest absolute Gasteiger partial charge is 0.518 e. The molecule has 0 saturated carbocycles. The van der Waals surface area contributed by atoms with Crippen LogP contribution in [0.25, 0.3) is 0 Å². The van der Waals surface area contributed by atoms with Crippen molar-refractivity contribution >= 4 is 11.8 Å². The van der Waals surface area contributed by atoms with Gasteiger partial charge in [0.1, 0.15) is 17.5 Å². The van der Waals surface area contributed by atoms with Crippen molar-refractivity contribution in [3.63, 3.8) is 0 Å². The third-order valence-electron chi connectivity index (χ3n) is 5.71. The van der Waals surface area contributed by atoms with Crippen molar-refractivity contribution in [1.82, 2.24) is 4.90 Å².